The van der Waals surface area contributed by atoms with Crippen LogP contribution in [0, 0.1) is 0 Å². The zero-order valence-electron chi connectivity index (χ0n) is 12.3. The third-order valence-corrected chi connectivity index (χ3v) is 4.82. The van der Waals surface area contributed by atoms with Crippen LogP contribution in [0.4, 0.5) is 10.8 Å². The highest BCUT2D eigenvalue weighted by Crippen LogP contribution is 2.33. The molecule has 0 spiro atoms. The molecule has 0 bridgehead atoms. The topological polar surface area (TPSA) is 24.9 Å². The Bertz CT molecular complexity index is 770. The molecule has 0 fully saturated rings. The zero-order chi connectivity index (χ0) is 15.0. The molecular weight excluding hydrogens is 300 g/mol. The molecular formula is C17H17ClN2S. The predicted molar refractivity (Wildman–Crippen MR) is 93.1 cm³/mol. The molecule has 3 aromatic rings. The molecule has 0 radical (unpaired) electrons. The van der Waals surface area contributed by atoms with Gasteiger partial charge in [-0.2, -0.15) is 0 Å². The van der Waals surface area contributed by atoms with Crippen molar-refractivity contribution in [2.75, 3.05) is 5.32 Å². The summed E-state index contributed by atoms with van der Waals surface area (Å²) in [5.74, 6) is 0. The van der Waals surface area contributed by atoms with E-state index in [2.05, 4.69) is 55.3 Å². The molecule has 0 amide bonds. The van der Waals surface area contributed by atoms with Crippen molar-refractivity contribution in [3.8, 4) is 0 Å². The Morgan fingerprint density at radius 3 is 2.38 bits per heavy atom. The molecule has 21 heavy (non-hydrogen) atoms. The monoisotopic (exact) mass is 316 g/mol. The van der Waals surface area contributed by atoms with Gasteiger partial charge in [0.05, 0.1) is 15.2 Å². The standard InChI is InChI=1S/C17H17ClN2S/c1-17(2,3)11-7-9-12(10-8-11)19-16-20-14-6-4-5-13(18)15(14)21-16/h4-10H,1-3H3,(H,19,20). The fourth-order valence-electron chi connectivity index (χ4n) is 2.15. The van der Waals surface area contributed by atoms with Gasteiger partial charge in [0, 0.05) is 5.69 Å². The summed E-state index contributed by atoms with van der Waals surface area (Å²) in [6, 6.07) is 14.3. The van der Waals surface area contributed by atoms with E-state index in [1.54, 1.807) is 11.3 Å². The summed E-state index contributed by atoms with van der Waals surface area (Å²) in [5, 5.41) is 4.96. The van der Waals surface area contributed by atoms with Gasteiger partial charge >= 0.3 is 0 Å². The maximum Gasteiger partial charge on any atom is 0.188 e. The first-order valence-corrected chi connectivity index (χ1v) is 8.05. The lowest BCUT2D eigenvalue weighted by atomic mass is 9.87. The summed E-state index contributed by atoms with van der Waals surface area (Å²) in [7, 11) is 0. The zero-order valence-corrected chi connectivity index (χ0v) is 13.8. The van der Waals surface area contributed by atoms with Crippen LogP contribution in [0.15, 0.2) is 42.5 Å². The highest BCUT2D eigenvalue weighted by atomic mass is 35.5. The largest absolute Gasteiger partial charge is 0.332 e. The van der Waals surface area contributed by atoms with E-state index in [4.69, 9.17) is 11.6 Å². The van der Waals surface area contributed by atoms with Gasteiger partial charge in [0.2, 0.25) is 0 Å². The lowest BCUT2D eigenvalue weighted by molar-refractivity contribution is 0.590. The van der Waals surface area contributed by atoms with Crippen LogP contribution in [0.25, 0.3) is 10.2 Å². The molecule has 0 aliphatic rings. The number of nitrogens with zero attached hydrogens (tertiary/aromatic N) is 1. The average molecular weight is 317 g/mol. The predicted octanol–water partition coefficient (Wildman–Crippen LogP) is 5.99. The van der Waals surface area contributed by atoms with Crippen LogP contribution < -0.4 is 5.32 Å². The molecule has 0 aliphatic carbocycles. The number of fused-ring (bicyclic) bond motifs is 1. The molecule has 3 rings (SSSR count). The van der Waals surface area contributed by atoms with Gasteiger partial charge in [-0.3, -0.25) is 0 Å². The fraction of sp³-hybridized carbons (Fsp3) is 0.235. The van der Waals surface area contributed by atoms with Crippen molar-refractivity contribution in [2.24, 2.45) is 0 Å². The highest BCUT2D eigenvalue weighted by Gasteiger charge is 2.13. The van der Waals surface area contributed by atoms with Crippen LogP contribution >= 0.6 is 22.9 Å². The molecule has 2 aromatic carbocycles. The number of halogens is 1. The minimum Gasteiger partial charge on any atom is -0.332 e. The van der Waals surface area contributed by atoms with Gasteiger partial charge in [-0.25, -0.2) is 4.98 Å². The summed E-state index contributed by atoms with van der Waals surface area (Å²) in [5.41, 5.74) is 3.46. The third-order valence-electron chi connectivity index (χ3n) is 3.37. The molecule has 1 N–H and O–H groups in total. The number of anilines is 2. The van der Waals surface area contributed by atoms with Crippen LogP contribution in [0.3, 0.4) is 0 Å². The van der Waals surface area contributed by atoms with E-state index in [1.807, 2.05) is 18.2 Å². The Morgan fingerprint density at radius 2 is 1.76 bits per heavy atom. The van der Waals surface area contributed by atoms with Gasteiger partial charge in [0.15, 0.2) is 5.13 Å². The molecule has 108 valence electrons. The Balaban J connectivity index is 1.87. The first kappa shape index (κ1) is 14.4. The number of thiazole rings is 1. The molecule has 4 heteroatoms. The normalized spacial score (nSPS) is 11.8. The average Bonchev–Trinajstić information content (AvgIpc) is 2.82. The van der Waals surface area contributed by atoms with Gasteiger partial charge in [0.1, 0.15) is 0 Å². The summed E-state index contributed by atoms with van der Waals surface area (Å²) in [4.78, 5) is 4.56. The second kappa shape index (κ2) is 5.32. The van der Waals surface area contributed by atoms with E-state index < -0.39 is 0 Å². The molecule has 0 saturated carbocycles. The highest BCUT2D eigenvalue weighted by molar-refractivity contribution is 7.22. The number of rotatable bonds is 2. The molecule has 0 unspecified atom stereocenters. The van der Waals surface area contributed by atoms with Crippen molar-refractivity contribution in [2.45, 2.75) is 26.2 Å². The molecule has 0 atom stereocenters. The van der Waals surface area contributed by atoms with E-state index in [1.165, 1.54) is 5.56 Å². The van der Waals surface area contributed by atoms with Crippen molar-refractivity contribution in [3.05, 3.63) is 53.1 Å². The second-order valence-electron chi connectivity index (χ2n) is 6.06. The Kier molecular flexibility index (Phi) is 3.64. The number of aromatic nitrogens is 1. The second-order valence-corrected chi connectivity index (χ2v) is 7.47. The molecule has 0 saturated heterocycles. The Morgan fingerprint density at radius 1 is 1.05 bits per heavy atom. The summed E-state index contributed by atoms with van der Waals surface area (Å²) >= 11 is 7.76. The number of nitrogens with one attached hydrogen (secondary N) is 1. The number of hydrogen-bond acceptors (Lipinski definition) is 3. The Hall–Kier alpha value is -1.58. The van der Waals surface area contributed by atoms with Crippen LogP contribution in [0.1, 0.15) is 26.3 Å². The smallest absolute Gasteiger partial charge is 0.188 e. The van der Waals surface area contributed by atoms with E-state index >= 15 is 0 Å². The SMILES string of the molecule is CC(C)(C)c1ccc(Nc2nc3cccc(Cl)c3s2)cc1. The fourth-order valence-corrected chi connectivity index (χ4v) is 3.32. The summed E-state index contributed by atoms with van der Waals surface area (Å²) in [6.45, 7) is 6.64. The Labute approximate surface area is 133 Å². The van der Waals surface area contributed by atoms with Crippen molar-refractivity contribution >= 4 is 44.0 Å². The van der Waals surface area contributed by atoms with E-state index in [0.29, 0.717) is 0 Å². The lowest BCUT2D eigenvalue weighted by Gasteiger charge is -2.19. The van der Waals surface area contributed by atoms with Crippen molar-refractivity contribution in [1.29, 1.82) is 0 Å². The summed E-state index contributed by atoms with van der Waals surface area (Å²) in [6.07, 6.45) is 0. The maximum absolute atomic E-state index is 6.19. The quantitative estimate of drug-likeness (QED) is 0.628. The van der Waals surface area contributed by atoms with E-state index in [-0.39, 0.29) is 5.41 Å². The van der Waals surface area contributed by atoms with Gasteiger partial charge in [0.25, 0.3) is 0 Å². The number of hydrogen-bond donors (Lipinski definition) is 1. The van der Waals surface area contributed by atoms with E-state index in [9.17, 15) is 0 Å². The third kappa shape index (κ3) is 3.04. The maximum atomic E-state index is 6.19. The van der Waals surface area contributed by atoms with Crippen LogP contribution in [0.2, 0.25) is 5.02 Å². The van der Waals surface area contributed by atoms with Gasteiger partial charge in [-0.05, 0) is 35.2 Å². The van der Waals surface area contributed by atoms with Crippen LogP contribution in [0.5, 0.6) is 0 Å². The van der Waals surface area contributed by atoms with Gasteiger partial charge in [-0.1, -0.05) is 61.9 Å². The van der Waals surface area contributed by atoms with Crippen LogP contribution in [-0.2, 0) is 5.41 Å². The first-order valence-electron chi connectivity index (χ1n) is 6.86. The van der Waals surface area contributed by atoms with Gasteiger partial charge in [-0.15, -0.1) is 0 Å². The van der Waals surface area contributed by atoms with E-state index in [0.717, 1.165) is 26.1 Å². The van der Waals surface area contributed by atoms with Crippen LogP contribution in [-0.4, -0.2) is 4.98 Å². The molecule has 1 aromatic heterocycles. The minimum absolute atomic E-state index is 0.169. The van der Waals surface area contributed by atoms with Gasteiger partial charge < -0.3 is 5.32 Å². The lowest BCUT2D eigenvalue weighted by Crippen LogP contribution is -2.10. The molecule has 2 nitrogen and oxygen atoms in total. The van der Waals surface area contributed by atoms with Crippen molar-refractivity contribution < 1.29 is 0 Å². The minimum atomic E-state index is 0.169. The first-order chi connectivity index (χ1) is 9.93. The number of benzene rings is 2. The van der Waals surface area contributed by atoms with Crippen molar-refractivity contribution in [3.63, 3.8) is 0 Å². The molecule has 0 aliphatic heterocycles. The molecule has 1 heterocycles. The summed E-state index contributed by atoms with van der Waals surface area (Å²) < 4.78 is 1.02. The van der Waals surface area contributed by atoms with Crippen molar-refractivity contribution in [1.82, 2.24) is 4.98 Å².